The first-order chi connectivity index (χ1) is 22.1. The number of hydrogen-bond donors (Lipinski definition) is 1. The number of aryl methyl sites for hydroxylation is 2. The number of ether oxygens (including phenoxy) is 2. The molecule has 240 valence electrons. The van der Waals surface area contributed by atoms with E-state index in [-0.39, 0.29) is 42.4 Å². The minimum absolute atomic E-state index is 0.163. The molecule has 0 bridgehead atoms. The summed E-state index contributed by atoms with van der Waals surface area (Å²) < 4.78 is 13.1. The van der Waals surface area contributed by atoms with Crippen molar-refractivity contribution in [2.75, 3.05) is 26.1 Å². The van der Waals surface area contributed by atoms with E-state index in [1.165, 1.54) is 11.6 Å². The largest absolute Gasteiger partial charge is 0.384 e. The molecule has 12 nitrogen and oxygen atoms in total. The molecule has 1 aromatic carbocycles. The number of benzene rings is 1. The highest BCUT2D eigenvalue weighted by Gasteiger charge is 2.46. The topological polar surface area (TPSA) is 141 Å². The van der Waals surface area contributed by atoms with Crippen LogP contribution in [0.2, 0.25) is 0 Å². The third kappa shape index (κ3) is 6.62. The highest BCUT2D eigenvalue weighted by Crippen LogP contribution is 2.34. The number of pyridine rings is 1. The van der Waals surface area contributed by atoms with Gasteiger partial charge >= 0.3 is 0 Å². The van der Waals surface area contributed by atoms with Crippen LogP contribution < -0.4 is 5.32 Å². The summed E-state index contributed by atoms with van der Waals surface area (Å²) >= 11 is 3.36. The molecule has 0 radical (unpaired) electrons. The van der Waals surface area contributed by atoms with Crippen LogP contribution in [0.1, 0.15) is 40.8 Å². The van der Waals surface area contributed by atoms with Crippen molar-refractivity contribution in [3.8, 4) is 11.1 Å². The van der Waals surface area contributed by atoms with E-state index >= 15 is 0 Å². The number of carbonyl (C=O) groups excluding carboxylic acids is 3. The Bertz CT molecular complexity index is 1810. The van der Waals surface area contributed by atoms with E-state index in [1.54, 1.807) is 50.6 Å². The second-order valence-electron chi connectivity index (χ2n) is 11.3. The highest BCUT2D eigenvalue weighted by atomic mass is 79.9. The number of fused-ring (bicyclic) bond motifs is 1. The molecule has 1 saturated heterocycles. The lowest BCUT2D eigenvalue weighted by Crippen LogP contribution is -2.48. The van der Waals surface area contributed by atoms with Gasteiger partial charge in [0, 0.05) is 56.0 Å². The van der Waals surface area contributed by atoms with Gasteiger partial charge in [0.25, 0.3) is 0 Å². The molecule has 13 heteroatoms. The second kappa shape index (κ2) is 14.0. The maximum absolute atomic E-state index is 14.3. The average molecular weight is 691 g/mol. The number of nitrogens with zero attached hydrogens (tertiary/aromatic N) is 6. The van der Waals surface area contributed by atoms with E-state index in [0.29, 0.717) is 40.2 Å². The lowest BCUT2D eigenvalue weighted by atomic mass is 10.00. The summed E-state index contributed by atoms with van der Waals surface area (Å²) in [7, 11) is 3.16. The van der Waals surface area contributed by atoms with Crippen LogP contribution in [0.15, 0.2) is 53.9 Å². The Morgan fingerprint density at radius 3 is 2.50 bits per heavy atom. The van der Waals surface area contributed by atoms with Gasteiger partial charge in [-0.2, -0.15) is 5.10 Å². The van der Waals surface area contributed by atoms with Crippen molar-refractivity contribution in [3.05, 3.63) is 76.6 Å². The number of aromatic nitrogens is 5. The highest BCUT2D eigenvalue weighted by molar-refractivity contribution is 9.10. The minimum atomic E-state index is -0.823. The molecule has 1 N–H and O–H groups in total. The Morgan fingerprint density at radius 2 is 1.85 bits per heavy atom. The zero-order valence-corrected chi connectivity index (χ0v) is 28.0. The van der Waals surface area contributed by atoms with Gasteiger partial charge < -0.3 is 19.7 Å². The van der Waals surface area contributed by atoms with Crippen molar-refractivity contribution in [1.29, 1.82) is 0 Å². The first-order valence-electron chi connectivity index (χ1n) is 14.7. The van der Waals surface area contributed by atoms with Crippen LogP contribution in [0.5, 0.6) is 0 Å². The normalized spacial score (nSPS) is 17.8. The average Bonchev–Trinajstić information content (AvgIpc) is 3.58. The van der Waals surface area contributed by atoms with E-state index in [1.807, 2.05) is 25.1 Å². The summed E-state index contributed by atoms with van der Waals surface area (Å²) in [6.07, 6.45) is 5.48. The zero-order valence-electron chi connectivity index (χ0n) is 26.4. The van der Waals surface area contributed by atoms with Crippen molar-refractivity contribution in [2.24, 2.45) is 5.92 Å². The number of rotatable bonds is 11. The van der Waals surface area contributed by atoms with Crippen LogP contribution >= 0.6 is 15.9 Å². The van der Waals surface area contributed by atoms with Crippen molar-refractivity contribution in [1.82, 2.24) is 29.6 Å². The predicted molar refractivity (Wildman–Crippen MR) is 176 cm³/mol. The minimum Gasteiger partial charge on any atom is -0.384 e. The number of carbonyl (C=O) groups is 3. The molecular formula is C33H36BrN7O5. The Kier molecular flexibility index (Phi) is 10.0. The summed E-state index contributed by atoms with van der Waals surface area (Å²) in [5.74, 6) is -0.102. The van der Waals surface area contributed by atoms with Gasteiger partial charge in [-0.3, -0.25) is 19.1 Å². The van der Waals surface area contributed by atoms with Gasteiger partial charge in [-0.05, 0) is 65.5 Å². The number of amides is 2. The van der Waals surface area contributed by atoms with Crippen molar-refractivity contribution < 1.29 is 23.9 Å². The summed E-state index contributed by atoms with van der Waals surface area (Å²) in [6.45, 7) is 9.38. The quantitative estimate of drug-likeness (QED) is 0.135. The van der Waals surface area contributed by atoms with Gasteiger partial charge in [-0.15, -0.1) is 6.58 Å². The van der Waals surface area contributed by atoms with Crippen molar-refractivity contribution in [2.45, 2.75) is 52.4 Å². The van der Waals surface area contributed by atoms with Gasteiger partial charge in [-0.25, -0.2) is 15.0 Å². The first kappa shape index (κ1) is 33.0. The Morgan fingerprint density at radius 1 is 1.11 bits per heavy atom. The molecule has 5 rings (SSSR count). The van der Waals surface area contributed by atoms with Crippen LogP contribution in [-0.2, 0) is 32.2 Å². The van der Waals surface area contributed by atoms with Gasteiger partial charge in [0.2, 0.25) is 11.8 Å². The summed E-state index contributed by atoms with van der Waals surface area (Å²) in [6, 6.07) is 6.12. The molecular weight excluding hydrogens is 654 g/mol. The number of hydrogen-bond acceptors (Lipinski definition) is 9. The van der Waals surface area contributed by atoms with E-state index in [0.717, 1.165) is 22.3 Å². The molecule has 0 spiro atoms. The van der Waals surface area contributed by atoms with Crippen LogP contribution in [0.3, 0.4) is 0 Å². The maximum Gasteiger partial charge on any atom is 0.248 e. The molecule has 1 aliphatic rings. The smallest absolute Gasteiger partial charge is 0.248 e. The third-order valence-corrected chi connectivity index (χ3v) is 8.58. The molecule has 3 aromatic heterocycles. The van der Waals surface area contributed by atoms with Gasteiger partial charge in [0.05, 0.1) is 24.8 Å². The zero-order chi connectivity index (χ0) is 33.1. The molecule has 46 heavy (non-hydrogen) atoms. The Balaban J connectivity index is 1.55. The van der Waals surface area contributed by atoms with E-state index in [2.05, 4.69) is 47.9 Å². The number of anilines is 1. The monoisotopic (exact) mass is 689 g/mol. The number of Topliss-reactive ketones (excluding diaryl/α,β-unsaturated/α-hetero) is 1. The number of halogens is 1. The molecule has 1 fully saturated rings. The van der Waals surface area contributed by atoms with Crippen LogP contribution in [0, 0.1) is 19.8 Å². The fourth-order valence-electron chi connectivity index (χ4n) is 6.03. The molecule has 2 amide bonds. The molecule has 4 aromatic rings. The number of ketones is 1. The van der Waals surface area contributed by atoms with E-state index in [4.69, 9.17) is 9.47 Å². The maximum atomic E-state index is 14.3. The van der Waals surface area contributed by atoms with Crippen LogP contribution in [0.25, 0.3) is 22.0 Å². The van der Waals surface area contributed by atoms with Crippen LogP contribution in [0.4, 0.5) is 5.82 Å². The molecule has 1 aliphatic heterocycles. The predicted octanol–water partition coefficient (Wildman–Crippen LogP) is 4.67. The van der Waals surface area contributed by atoms with Crippen molar-refractivity contribution >= 4 is 50.2 Å². The first-order valence-corrected chi connectivity index (χ1v) is 15.5. The van der Waals surface area contributed by atoms with Crippen molar-refractivity contribution in [3.63, 3.8) is 0 Å². The second-order valence-corrected chi connectivity index (χ2v) is 12.1. The summed E-state index contributed by atoms with van der Waals surface area (Å²) in [5.41, 5.74) is 3.88. The van der Waals surface area contributed by atoms with Crippen LogP contribution in [-0.4, -0.2) is 80.1 Å². The lowest BCUT2D eigenvalue weighted by Gasteiger charge is -2.29. The van der Waals surface area contributed by atoms with E-state index < -0.39 is 12.1 Å². The molecule has 3 atom stereocenters. The lowest BCUT2D eigenvalue weighted by molar-refractivity contribution is -0.138. The Hall–Kier alpha value is -4.33. The summed E-state index contributed by atoms with van der Waals surface area (Å²) in [5, 5.41) is 8.11. The fourth-order valence-corrected chi connectivity index (χ4v) is 6.34. The molecule has 4 heterocycles. The SMILES string of the molecule is C=C[C@@H]1[C@@H](COC)C[C@@H](C(=O)Nc2nc(Br)ccc2C)N1C(=O)Cn1nc(C(C)=O)c2cc(-c3cnc(C)nc3)cc(COC)c21. The van der Waals surface area contributed by atoms with Gasteiger partial charge in [-0.1, -0.05) is 12.1 Å². The summed E-state index contributed by atoms with van der Waals surface area (Å²) in [4.78, 5) is 55.5. The third-order valence-electron chi connectivity index (χ3n) is 8.14. The van der Waals surface area contributed by atoms with Gasteiger partial charge in [0.15, 0.2) is 5.78 Å². The molecule has 0 aliphatic carbocycles. The van der Waals surface area contributed by atoms with Gasteiger partial charge in [0.1, 0.15) is 34.5 Å². The number of nitrogens with one attached hydrogen (secondary N) is 1. The standard InChI is InChI=1S/C33H36BrN7O5/c1-7-26-22(16-45-5)12-27(33(44)38-32-18(2)8-9-28(34)37-32)41(26)29(43)15-40-31-23(17-46-6)10-21(24-13-35-20(4)36-14-24)11-25(31)30(39-40)19(3)42/h7-11,13-14,22,26-27H,1,12,15-17H2,2-6H3,(H,37,38,44)/t22-,26-,27+/m1/s1. The number of methoxy groups -OCH3 is 2. The molecule has 0 saturated carbocycles. The number of likely N-dealkylation sites (tertiary alicyclic amines) is 1. The van der Waals surface area contributed by atoms with E-state index in [9.17, 15) is 14.4 Å². The fraction of sp³-hybridized carbons (Fsp3) is 0.364. The molecule has 0 unspecified atom stereocenters. The Labute approximate surface area is 275 Å².